The summed E-state index contributed by atoms with van der Waals surface area (Å²) in [4.78, 5) is 4.70. The van der Waals surface area contributed by atoms with Crippen LogP contribution in [0, 0.1) is 18.3 Å². The van der Waals surface area contributed by atoms with Gasteiger partial charge in [0.2, 0.25) is 5.88 Å². The van der Waals surface area contributed by atoms with Crippen LogP contribution in [0.5, 0.6) is 5.88 Å². The summed E-state index contributed by atoms with van der Waals surface area (Å²) in [5, 5.41) is 13.5. The number of fused-ring (bicyclic) bond motifs is 1. The highest BCUT2D eigenvalue weighted by Gasteiger charge is 2.17. The van der Waals surface area contributed by atoms with E-state index in [-0.39, 0.29) is 12.4 Å². The lowest BCUT2D eigenvalue weighted by molar-refractivity contribution is 0.291. The number of rotatable bonds is 4. The maximum absolute atomic E-state index is 9.26. The van der Waals surface area contributed by atoms with Gasteiger partial charge in [0.25, 0.3) is 0 Å². The number of piperidine rings is 1. The van der Waals surface area contributed by atoms with Crippen LogP contribution in [-0.4, -0.2) is 18.1 Å². The van der Waals surface area contributed by atoms with E-state index in [2.05, 4.69) is 17.5 Å². The quantitative estimate of drug-likeness (QED) is 0.719. The Bertz CT molecular complexity index is 971. The summed E-state index contributed by atoms with van der Waals surface area (Å²) in [5.74, 6) is 1.91. The van der Waals surface area contributed by atoms with Crippen molar-refractivity contribution in [3.8, 4) is 11.9 Å². The molecule has 3 heterocycles. The van der Waals surface area contributed by atoms with Crippen LogP contribution >= 0.6 is 12.4 Å². The first-order valence-electron chi connectivity index (χ1n) is 8.97. The number of aromatic nitrogens is 1. The molecule has 0 atom stereocenters. The number of nitrogens with zero attached hydrogens (tertiary/aromatic N) is 2. The first-order valence-corrected chi connectivity index (χ1v) is 8.97. The molecule has 27 heavy (non-hydrogen) atoms. The molecule has 1 aliphatic rings. The second-order valence-electron chi connectivity index (χ2n) is 6.70. The fraction of sp³-hybridized carbons (Fsp3) is 0.333. The summed E-state index contributed by atoms with van der Waals surface area (Å²) in [7, 11) is 0. The Morgan fingerprint density at radius 2 is 2.07 bits per heavy atom. The van der Waals surface area contributed by atoms with Gasteiger partial charge < -0.3 is 14.5 Å². The molecule has 0 saturated carbocycles. The Hall–Kier alpha value is -2.55. The van der Waals surface area contributed by atoms with Crippen molar-refractivity contribution in [1.82, 2.24) is 10.3 Å². The van der Waals surface area contributed by atoms with Crippen molar-refractivity contribution >= 4 is 23.4 Å². The number of hydrogen-bond acceptors (Lipinski definition) is 5. The van der Waals surface area contributed by atoms with E-state index in [0.717, 1.165) is 53.9 Å². The van der Waals surface area contributed by atoms with E-state index in [1.54, 1.807) is 0 Å². The molecule has 0 radical (unpaired) electrons. The molecule has 1 N–H and O–H groups in total. The van der Waals surface area contributed by atoms with Gasteiger partial charge in [-0.2, -0.15) is 5.26 Å². The lowest BCUT2D eigenvalue weighted by atomic mass is 9.94. The Morgan fingerprint density at radius 3 is 2.85 bits per heavy atom. The van der Waals surface area contributed by atoms with Gasteiger partial charge in [-0.05, 0) is 51.1 Å². The maximum atomic E-state index is 9.26. The summed E-state index contributed by atoms with van der Waals surface area (Å²) in [6.07, 6.45) is 2.22. The number of pyridine rings is 1. The lowest BCUT2D eigenvalue weighted by Crippen LogP contribution is -2.27. The zero-order valence-electron chi connectivity index (χ0n) is 15.2. The van der Waals surface area contributed by atoms with Crippen LogP contribution in [0.1, 0.15) is 41.3 Å². The third-order valence-corrected chi connectivity index (χ3v) is 4.89. The summed E-state index contributed by atoms with van der Waals surface area (Å²) in [6.45, 7) is 4.32. The van der Waals surface area contributed by atoms with Gasteiger partial charge in [-0.1, -0.05) is 12.1 Å². The van der Waals surface area contributed by atoms with Crippen molar-refractivity contribution in [2.75, 3.05) is 13.1 Å². The van der Waals surface area contributed by atoms with E-state index >= 15 is 0 Å². The standard InChI is InChI=1S/C21H21N3O2.ClH/c1-14-11-18-16(12-22)5-6-17(21(18)26-14)13-25-20-4-2-3-19(24-20)15-7-9-23-10-8-15;/h2-6,11,15,23H,7-10,13H2,1H3;1H. The molecule has 1 aliphatic heterocycles. The molecule has 0 amide bonds. The predicted octanol–water partition coefficient (Wildman–Crippen LogP) is 4.48. The minimum absolute atomic E-state index is 0. The highest BCUT2D eigenvalue weighted by atomic mass is 35.5. The summed E-state index contributed by atoms with van der Waals surface area (Å²) in [6, 6.07) is 13.8. The average molecular weight is 384 g/mol. The molecule has 1 saturated heterocycles. The van der Waals surface area contributed by atoms with Gasteiger partial charge in [-0.25, -0.2) is 4.98 Å². The molecular weight excluding hydrogens is 362 g/mol. The Balaban J connectivity index is 0.00000210. The molecule has 5 nitrogen and oxygen atoms in total. The third kappa shape index (κ3) is 4.08. The van der Waals surface area contributed by atoms with Gasteiger partial charge in [0.1, 0.15) is 18.0 Å². The fourth-order valence-corrected chi connectivity index (χ4v) is 3.52. The number of furan rings is 1. The maximum Gasteiger partial charge on any atom is 0.213 e. The zero-order valence-corrected chi connectivity index (χ0v) is 16.0. The third-order valence-electron chi connectivity index (χ3n) is 4.89. The number of ether oxygens (including phenoxy) is 1. The van der Waals surface area contributed by atoms with Gasteiger partial charge >= 0.3 is 0 Å². The van der Waals surface area contributed by atoms with Crippen LogP contribution in [0.2, 0.25) is 0 Å². The summed E-state index contributed by atoms with van der Waals surface area (Å²) < 4.78 is 11.7. The van der Waals surface area contributed by atoms with E-state index in [1.165, 1.54) is 0 Å². The van der Waals surface area contributed by atoms with Crippen LogP contribution in [0.3, 0.4) is 0 Å². The van der Waals surface area contributed by atoms with Crippen molar-refractivity contribution in [1.29, 1.82) is 5.26 Å². The first-order chi connectivity index (χ1) is 12.7. The second-order valence-corrected chi connectivity index (χ2v) is 6.70. The Kier molecular flexibility index (Phi) is 6.00. The minimum Gasteiger partial charge on any atom is -0.473 e. The van der Waals surface area contributed by atoms with E-state index in [4.69, 9.17) is 14.1 Å². The molecule has 3 aromatic rings. The molecule has 0 unspecified atom stereocenters. The topological polar surface area (TPSA) is 71.1 Å². The molecule has 2 aromatic heterocycles. The zero-order chi connectivity index (χ0) is 17.9. The second kappa shape index (κ2) is 8.43. The molecule has 1 aromatic carbocycles. The molecule has 0 aliphatic carbocycles. The SMILES string of the molecule is Cc1cc2c(C#N)ccc(COc3cccc(C4CCNCC4)n3)c2o1.Cl. The highest BCUT2D eigenvalue weighted by Crippen LogP contribution is 2.28. The van der Waals surface area contributed by atoms with E-state index in [9.17, 15) is 5.26 Å². The van der Waals surface area contributed by atoms with Crippen molar-refractivity contribution in [2.45, 2.75) is 32.3 Å². The van der Waals surface area contributed by atoms with E-state index in [0.29, 0.717) is 24.0 Å². The van der Waals surface area contributed by atoms with Crippen molar-refractivity contribution in [3.05, 3.63) is 59.0 Å². The molecule has 1 fully saturated rings. The number of hydrogen-bond donors (Lipinski definition) is 1. The molecule has 0 spiro atoms. The van der Waals surface area contributed by atoms with Crippen LogP contribution in [0.15, 0.2) is 40.8 Å². The molecule has 0 bridgehead atoms. The number of benzene rings is 1. The molecule has 140 valence electrons. The van der Waals surface area contributed by atoms with Gasteiger partial charge in [-0.3, -0.25) is 0 Å². The molecule has 4 rings (SSSR count). The van der Waals surface area contributed by atoms with Gasteiger partial charge in [-0.15, -0.1) is 12.4 Å². The Labute approximate surface area is 164 Å². The van der Waals surface area contributed by atoms with Crippen LogP contribution in [0.25, 0.3) is 11.0 Å². The van der Waals surface area contributed by atoms with E-state index in [1.807, 2.05) is 37.3 Å². The Morgan fingerprint density at radius 1 is 1.26 bits per heavy atom. The minimum atomic E-state index is 0. The smallest absolute Gasteiger partial charge is 0.213 e. The van der Waals surface area contributed by atoms with Crippen LogP contribution in [-0.2, 0) is 6.61 Å². The largest absolute Gasteiger partial charge is 0.473 e. The number of nitriles is 1. The summed E-state index contributed by atoms with van der Waals surface area (Å²) >= 11 is 0. The number of nitrogens with one attached hydrogen (secondary N) is 1. The fourth-order valence-electron chi connectivity index (χ4n) is 3.52. The van der Waals surface area contributed by atoms with E-state index < -0.39 is 0 Å². The number of halogens is 1. The van der Waals surface area contributed by atoms with Crippen LogP contribution < -0.4 is 10.1 Å². The predicted molar refractivity (Wildman–Crippen MR) is 106 cm³/mol. The van der Waals surface area contributed by atoms with Crippen LogP contribution in [0.4, 0.5) is 0 Å². The van der Waals surface area contributed by atoms with Gasteiger partial charge in [0, 0.05) is 28.6 Å². The lowest BCUT2D eigenvalue weighted by Gasteiger charge is -2.22. The average Bonchev–Trinajstić information content (AvgIpc) is 3.08. The molecular formula is C21H22ClN3O2. The van der Waals surface area contributed by atoms with Gasteiger partial charge in [0.05, 0.1) is 11.6 Å². The van der Waals surface area contributed by atoms with Crippen molar-refractivity contribution in [2.24, 2.45) is 0 Å². The van der Waals surface area contributed by atoms with Gasteiger partial charge in [0.15, 0.2) is 0 Å². The highest BCUT2D eigenvalue weighted by molar-refractivity contribution is 5.86. The molecule has 6 heteroatoms. The first kappa shape index (κ1) is 19.2. The summed E-state index contributed by atoms with van der Waals surface area (Å²) in [5.41, 5.74) is 3.35. The monoisotopic (exact) mass is 383 g/mol. The van der Waals surface area contributed by atoms with Crippen molar-refractivity contribution < 1.29 is 9.15 Å². The normalized spacial score (nSPS) is 14.5. The number of aryl methyl sites for hydroxylation is 1. The van der Waals surface area contributed by atoms with Crippen molar-refractivity contribution in [3.63, 3.8) is 0 Å².